The molecule has 10 heavy (non-hydrogen) atoms. The molecule has 0 aliphatic carbocycles. The van der Waals surface area contributed by atoms with E-state index in [0.717, 1.165) is 6.26 Å². The van der Waals surface area contributed by atoms with Crippen LogP contribution in [0.3, 0.4) is 0 Å². The highest BCUT2D eigenvalue weighted by atomic mass is 35.5. The van der Waals surface area contributed by atoms with Gasteiger partial charge >= 0.3 is 0 Å². The monoisotopic (exact) mass is 155 g/mol. The summed E-state index contributed by atoms with van der Waals surface area (Å²) in [5.74, 6) is 0. The minimum Gasteiger partial charge on any atom is -0.470 e. The number of furan rings is 1. The highest BCUT2D eigenvalue weighted by Crippen LogP contribution is 2.10. The van der Waals surface area contributed by atoms with Crippen molar-refractivity contribution in [2.24, 2.45) is 0 Å². The predicted molar refractivity (Wildman–Crippen MR) is 33.6 cm³/mol. The van der Waals surface area contributed by atoms with Gasteiger partial charge < -0.3 is 4.42 Å². The quantitative estimate of drug-likeness (QED) is 0.578. The number of nitriles is 1. The minimum atomic E-state index is -0.676. The van der Waals surface area contributed by atoms with Gasteiger partial charge in [0.1, 0.15) is 24.2 Å². The molecule has 0 spiro atoms. The first-order valence-electron chi connectivity index (χ1n) is 2.42. The van der Waals surface area contributed by atoms with Crippen molar-refractivity contribution in [3.8, 4) is 6.07 Å². The standard InChI is InChI=1S/C6H2ClNO2/c7-6(9)5-3-10-2-4(5)1-8/h2-3H. The Kier molecular flexibility index (Phi) is 1.74. The van der Waals surface area contributed by atoms with Crippen molar-refractivity contribution < 1.29 is 9.21 Å². The van der Waals surface area contributed by atoms with Crippen molar-refractivity contribution in [1.29, 1.82) is 5.26 Å². The third-order valence-electron chi connectivity index (χ3n) is 0.994. The Hall–Kier alpha value is -1.27. The molecule has 0 bridgehead atoms. The zero-order valence-electron chi connectivity index (χ0n) is 4.80. The van der Waals surface area contributed by atoms with E-state index < -0.39 is 5.24 Å². The zero-order valence-corrected chi connectivity index (χ0v) is 5.55. The maximum atomic E-state index is 10.4. The summed E-state index contributed by atoms with van der Waals surface area (Å²) in [6.07, 6.45) is 2.32. The fourth-order valence-electron chi connectivity index (χ4n) is 0.536. The number of hydrogen-bond acceptors (Lipinski definition) is 3. The Balaban J connectivity index is 3.17. The Morgan fingerprint density at radius 3 is 2.80 bits per heavy atom. The number of halogens is 1. The summed E-state index contributed by atoms with van der Waals surface area (Å²) in [6.45, 7) is 0. The van der Waals surface area contributed by atoms with Gasteiger partial charge in [-0.3, -0.25) is 4.79 Å². The molecule has 0 amide bonds. The topological polar surface area (TPSA) is 54.0 Å². The molecular weight excluding hydrogens is 154 g/mol. The Morgan fingerprint density at radius 1 is 1.70 bits per heavy atom. The molecule has 1 rings (SSSR count). The number of hydrogen-bond donors (Lipinski definition) is 0. The van der Waals surface area contributed by atoms with Crippen molar-refractivity contribution >= 4 is 16.8 Å². The van der Waals surface area contributed by atoms with E-state index >= 15 is 0 Å². The van der Waals surface area contributed by atoms with Crippen molar-refractivity contribution in [3.05, 3.63) is 23.7 Å². The third kappa shape index (κ3) is 1.02. The molecule has 0 aliphatic rings. The van der Waals surface area contributed by atoms with Gasteiger partial charge in [0.05, 0.1) is 5.56 Å². The summed E-state index contributed by atoms with van der Waals surface area (Å²) >= 11 is 5.08. The predicted octanol–water partition coefficient (Wildman–Crippen LogP) is 1.53. The second kappa shape index (κ2) is 2.54. The summed E-state index contributed by atoms with van der Waals surface area (Å²) in [4.78, 5) is 10.4. The maximum absolute atomic E-state index is 10.4. The van der Waals surface area contributed by atoms with Gasteiger partial charge in [0.15, 0.2) is 0 Å². The SMILES string of the molecule is N#Cc1cocc1C(=O)Cl. The van der Waals surface area contributed by atoms with Gasteiger partial charge in [0, 0.05) is 0 Å². The largest absolute Gasteiger partial charge is 0.470 e. The van der Waals surface area contributed by atoms with Crippen LogP contribution in [0.25, 0.3) is 0 Å². The van der Waals surface area contributed by atoms with Crippen molar-refractivity contribution in [2.45, 2.75) is 0 Å². The summed E-state index contributed by atoms with van der Waals surface area (Å²) in [6, 6.07) is 1.76. The first kappa shape index (κ1) is 6.84. The zero-order chi connectivity index (χ0) is 7.56. The molecule has 0 fully saturated rings. The number of rotatable bonds is 1. The second-order valence-corrected chi connectivity index (χ2v) is 1.93. The number of carbonyl (C=O) groups excluding carboxylic acids is 1. The van der Waals surface area contributed by atoms with Gasteiger partial charge in [-0.2, -0.15) is 5.26 Å². The molecule has 0 saturated carbocycles. The molecule has 0 aliphatic heterocycles. The van der Waals surface area contributed by atoms with E-state index in [1.807, 2.05) is 0 Å². The van der Waals surface area contributed by atoms with Crippen LogP contribution in [0.1, 0.15) is 15.9 Å². The Labute approximate surface area is 61.8 Å². The van der Waals surface area contributed by atoms with Crippen LogP contribution >= 0.6 is 11.6 Å². The van der Waals surface area contributed by atoms with Gasteiger partial charge in [-0.25, -0.2) is 0 Å². The van der Waals surface area contributed by atoms with Gasteiger partial charge in [-0.15, -0.1) is 0 Å². The lowest BCUT2D eigenvalue weighted by Gasteiger charge is -1.80. The second-order valence-electron chi connectivity index (χ2n) is 1.58. The van der Waals surface area contributed by atoms with Crippen LogP contribution in [-0.2, 0) is 0 Å². The molecule has 0 radical (unpaired) electrons. The third-order valence-corrected chi connectivity index (χ3v) is 1.20. The normalized spacial score (nSPS) is 8.80. The lowest BCUT2D eigenvalue weighted by molar-refractivity contribution is 0.108. The highest BCUT2D eigenvalue weighted by Gasteiger charge is 2.09. The van der Waals surface area contributed by atoms with Crippen LogP contribution in [0.5, 0.6) is 0 Å². The van der Waals surface area contributed by atoms with Gasteiger partial charge in [0.25, 0.3) is 5.24 Å². The molecule has 4 heteroatoms. The van der Waals surface area contributed by atoms with Crippen molar-refractivity contribution in [3.63, 3.8) is 0 Å². The molecule has 0 saturated heterocycles. The van der Waals surface area contributed by atoms with Crippen LogP contribution in [0.4, 0.5) is 0 Å². The van der Waals surface area contributed by atoms with Crippen LogP contribution in [0, 0.1) is 11.3 Å². The average Bonchev–Trinajstić information content (AvgIpc) is 2.33. The number of nitrogens with zero attached hydrogens (tertiary/aromatic N) is 1. The fraction of sp³-hybridized carbons (Fsp3) is 0. The molecule has 50 valence electrons. The molecule has 0 aromatic carbocycles. The Bertz CT molecular complexity index is 297. The van der Waals surface area contributed by atoms with Crippen molar-refractivity contribution in [1.82, 2.24) is 0 Å². The average molecular weight is 156 g/mol. The lowest BCUT2D eigenvalue weighted by Crippen LogP contribution is -1.87. The van der Waals surface area contributed by atoms with Crippen LogP contribution in [-0.4, -0.2) is 5.24 Å². The van der Waals surface area contributed by atoms with E-state index in [-0.39, 0.29) is 11.1 Å². The van der Waals surface area contributed by atoms with Crippen LogP contribution < -0.4 is 0 Å². The first-order valence-corrected chi connectivity index (χ1v) is 2.79. The Morgan fingerprint density at radius 2 is 2.40 bits per heavy atom. The molecule has 3 nitrogen and oxygen atoms in total. The molecule has 1 aromatic rings. The van der Waals surface area contributed by atoms with E-state index in [2.05, 4.69) is 4.42 Å². The fourth-order valence-corrected chi connectivity index (χ4v) is 0.682. The van der Waals surface area contributed by atoms with Crippen LogP contribution in [0.2, 0.25) is 0 Å². The van der Waals surface area contributed by atoms with E-state index in [0.29, 0.717) is 0 Å². The van der Waals surface area contributed by atoms with Gasteiger partial charge in [0.2, 0.25) is 0 Å². The summed E-state index contributed by atoms with van der Waals surface area (Å²) in [5.41, 5.74) is 0.282. The summed E-state index contributed by atoms with van der Waals surface area (Å²) < 4.78 is 4.57. The minimum absolute atomic E-state index is 0.115. The maximum Gasteiger partial charge on any atom is 0.256 e. The van der Waals surface area contributed by atoms with E-state index in [9.17, 15) is 4.79 Å². The lowest BCUT2D eigenvalue weighted by atomic mass is 10.2. The molecule has 1 aromatic heterocycles. The van der Waals surface area contributed by atoms with Crippen LogP contribution in [0.15, 0.2) is 16.9 Å². The van der Waals surface area contributed by atoms with E-state index in [4.69, 9.17) is 16.9 Å². The van der Waals surface area contributed by atoms with Gasteiger partial charge in [-0.05, 0) is 11.6 Å². The van der Waals surface area contributed by atoms with E-state index in [1.54, 1.807) is 6.07 Å². The molecule has 1 heterocycles. The van der Waals surface area contributed by atoms with E-state index in [1.165, 1.54) is 6.26 Å². The number of carbonyl (C=O) groups is 1. The summed E-state index contributed by atoms with van der Waals surface area (Å²) in [5, 5.41) is 7.66. The van der Waals surface area contributed by atoms with Gasteiger partial charge in [-0.1, -0.05) is 0 Å². The molecule has 0 atom stereocenters. The van der Waals surface area contributed by atoms with Crippen molar-refractivity contribution in [2.75, 3.05) is 0 Å². The molecule has 0 unspecified atom stereocenters. The highest BCUT2D eigenvalue weighted by molar-refractivity contribution is 6.67. The first-order chi connectivity index (χ1) is 4.75. The summed E-state index contributed by atoms with van der Waals surface area (Å²) in [7, 11) is 0. The smallest absolute Gasteiger partial charge is 0.256 e. The molecule has 0 N–H and O–H groups in total. The molecular formula is C6H2ClNO2.